The van der Waals surface area contributed by atoms with Crippen LogP contribution in [-0.4, -0.2) is 40.0 Å². The molecule has 8 nitrogen and oxygen atoms in total. The van der Waals surface area contributed by atoms with Gasteiger partial charge in [-0.15, -0.1) is 11.3 Å². The van der Waals surface area contributed by atoms with Crippen molar-refractivity contribution in [1.29, 1.82) is 0 Å². The van der Waals surface area contributed by atoms with Gasteiger partial charge in [0.2, 0.25) is 5.89 Å². The molecule has 0 aliphatic carbocycles. The summed E-state index contributed by atoms with van der Waals surface area (Å²) in [5.41, 5.74) is -0.471. The molecule has 1 N–H and O–H groups in total. The van der Waals surface area contributed by atoms with E-state index in [1.807, 2.05) is 32.8 Å². The van der Waals surface area contributed by atoms with E-state index < -0.39 is 5.54 Å². The molecule has 0 saturated carbocycles. The maximum atomic E-state index is 12.5. The number of rotatable bonds is 6. The quantitative estimate of drug-likeness (QED) is 0.720. The van der Waals surface area contributed by atoms with Crippen LogP contribution >= 0.6 is 11.3 Å². The molecule has 3 aromatic rings. The van der Waals surface area contributed by atoms with Gasteiger partial charge < -0.3 is 19.2 Å². The number of hydrogen-bond donors (Lipinski definition) is 1. The van der Waals surface area contributed by atoms with E-state index in [-0.39, 0.29) is 5.91 Å². The maximum absolute atomic E-state index is 12.5. The molecule has 0 atom stereocenters. The largest absolute Gasteiger partial charge is 0.462 e. The molecule has 0 radical (unpaired) electrons. The second-order valence-electron chi connectivity index (χ2n) is 6.34. The van der Waals surface area contributed by atoms with Crippen LogP contribution in [0.4, 0.5) is 0 Å². The molecule has 0 unspecified atom stereocenters. The topological polar surface area (TPSA) is 97.3 Å². The number of hydrogen-bond acceptors (Lipinski definition) is 8. The number of nitrogens with zero attached hydrogens (tertiary/aromatic N) is 4. The third-order valence-electron chi connectivity index (χ3n) is 3.37. The predicted octanol–water partition coefficient (Wildman–Crippen LogP) is 2.51. The van der Waals surface area contributed by atoms with Crippen LogP contribution in [0, 0.1) is 0 Å². The first-order valence-electron chi connectivity index (χ1n) is 7.65. The molecule has 0 aliphatic rings. The lowest BCUT2D eigenvalue weighted by atomic mass is 10.0. The first-order chi connectivity index (χ1) is 11.8. The zero-order valence-corrected chi connectivity index (χ0v) is 15.3. The summed E-state index contributed by atoms with van der Waals surface area (Å²) in [6.07, 6.45) is 1.57. The molecule has 3 aromatic heterocycles. The molecule has 132 valence electrons. The Balaban J connectivity index is 1.72. The molecular weight excluding hydrogens is 342 g/mol. The third-order valence-corrected chi connectivity index (χ3v) is 4.23. The van der Waals surface area contributed by atoms with Crippen molar-refractivity contribution in [2.75, 3.05) is 14.1 Å². The number of nitrogens with one attached hydrogen (secondary N) is 1. The summed E-state index contributed by atoms with van der Waals surface area (Å²) < 4.78 is 10.5. The minimum atomic E-state index is -0.792. The normalized spacial score (nSPS) is 11.9. The van der Waals surface area contributed by atoms with Gasteiger partial charge in [0.1, 0.15) is 5.69 Å². The number of thiazole rings is 1. The highest BCUT2D eigenvalue weighted by Gasteiger charge is 2.30. The van der Waals surface area contributed by atoms with Crippen LogP contribution in [-0.2, 0) is 12.1 Å². The fourth-order valence-corrected chi connectivity index (χ4v) is 2.91. The molecule has 0 bridgehead atoms. The Bertz CT molecular complexity index is 851. The molecule has 0 spiro atoms. The van der Waals surface area contributed by atoms with E-state index in [1.54, 1.807) is 23.8 Å². The molecule has 1 amide bonds. The van der Waals surface area contributed by atoms with Crippen LogP contribution < -0.4 is 5.32 Å². The molecular formula is C16H19N5O3S. The predicted molar refractivity (Wildman–Crippen MR) is 92.0 cm³/mol. The van der Waals surface area contributed by atoms with Crippen molar-refractivity contribution in [2.24, 2.45) is 0 Å². The van der Waals surface area contributed by atoms with Crippen LogP contribution in [0.25, 0.3) is 10.8 Å². The fourth-order valence-electron chi connectivity index (χ4n) is 2.14. The Morgan fingerprint density at radius 1 is 1.36 bits per heavy atom. The SMILES string of the molecule is CN(C)Cc1nc(C(C)(C)NC(=O)c2csc(-c3ccco3)n2)no1. The first kappa shape index (κ1) is 17.3. The average Bonchev–Trinajstić information content (AvgIpc) is 3.27. The highest BCUT2D eigenvalue weighted by molar-refractivity contribution is 7.13. The van der Waals surface area contributed by atoms with Crippen LogP contribution in [0.2, 0.25) is 0 Å². The van der Waals surface area contributed by atoms with Crippen molar-refractivity contribution < 1.29 is 13.7 Å². The van der Waals surface area contributed by atoms with Crippen LogP contribution in [0.5, 0.6) is 0 Å². The molecule has 3 heterocycles. The molecule has 3 rings (SSSR count). The number of amides is 1. The lowest BCUT2D eigenvalue weighted by Gasteiger charge is -2.21. The summed E-state index contributed by atoms with van der Waals surface area (Å²) in [5, 5.41) is 9.21. The van der Waals surface area contributed by atoms with E-state index in [4.69, 9.17) is 8.94 Å². The first-order valence-corrected chi connectivity index (χ1v) is 8.53. The van der Waals surface area contributed by atoms with Gasteiger partial charge in [0, 0.05) is 5.38 Å². The summed E-state index contributed by atoms with van der Waals surface area (Å²) in [6.45, 7) is 4.17. The number of furan rings is 1. The van der Waals surface area contributed by atoms with Crippen molar-refractivity contribution >= 4 is 17.2 Å². The van der Waals surface area contributed by atoms with Crippen LogP contribution in [0.15, 0.2) is 32.7 Å². The van der Waals surface area contributed by atoms with Gasteiger partial charge in [-0.25, -0.2) is 4.98 Å². The van der Waals surface area contributed by atoms with Crippen molar-refractivity contribution in [1.82, 2.24) is 25.3 Å². The van der Waals surface area contributed by atoms with Gasteiger partial charge in [0.05, 0.1) is 18.3 Å². The van der Waals surface area contributed by atoms with Gasteiger partial charge in [-0.2, -0.15) is 4.98 Å². The van der Waals surface area contributed by atoms with E-state index in [2.05, 4.69) is 20.4 Å². The molecule has 0 aromatic carbocycles. The molecule has 0 fully saturated rings. The summed E-state index contributed by atoms with van der Waals surface area (Å²) in [5.74, 6) is 1.24. The Morgan fingerprint density at radius 3 is 2.84 bits per heavy atom. The van der Waals surface area contributed by atoms with Gasteiger partial charge in [-0.3, -0.25) is 4.79 Å². The summed E-state index contributed by atoms with van der Waals surface area (Å²) in [7, 11) is 3.82. The van der Waals surface area contributed by atoms with E-state index >= 15 is 0 Å². The van der Waals surface area contributed by atoms with Gasteiger partial charge in [0.15, 0.2) is 16.6 Å². The van der Waals surface area contributed by atoms with Crippen molar-refractivity contribution in [3.05, 3.63) is 41.2 Å². The smallest absolute Gasteiger partial charge is 0.271 e. The Morgan fingerprint density at radius 2 is 2.16 bits per heavy atom. The van der Waals surface area contributed by atoms with Gasteiger partial charge in [0.25, 0.3) is 5.91 Å². The van der Waals surface area contributed by atoms with Crippen molar-refractivity contribution in [3.63, 3.8) is 0 Å². The van der Waals surface area contributed by atoms with E-state index in [0.717, 1.165) is 0 Å². The summed E-state index contributed by atoms with van der Waals surface area (Å²) in [6, 6.07) is 3.58. The van der Waals surface area contributed by atoms with Crippen LogP contribution in [0.1, 0.15) is 36.1 Å². The Kier molecular flexibility index (Phi) is 4.69. The zero-order valence-electron chi connectivity index (χ0n) is 14.4. The molecule has 25 heavy (non-hydrogen) atoms. The highest BCUT2D eigenvalue weighted by atomic mass is 32.1. The second kappa shape index (κ2) is 6.77. The van der Waals surface area contributed by atoms with Gasteiger partial charge >= 0.3 is 0 Å². The number of aromatic nitrogens is 3. The van der Waals surface area contributed by atoms with E-state index in [0.29, 0.717) is 34.7 Å². The fraction of sp³-hybridized carbons (Fsp3) is 0.375. The monoisotopic (exact) mass is 361 g/mol. The van der Waals surface area contributed by atoms with E-state index in [1.165, 1.54) is 11.3 Å². The highest BCUT2D eigenvalue weighted by Crippen LogP contribution is 2.25. The Hall–Kier alpha value is -2.52. The average molecular weight is 361 g/mol. The number of carbonyl (C=O) groups excluding carboxylic acids is 1. The summed E-state index contributed by atoms with van der Waals surface area (Å²) >= 11 is 1.35. The second-order valence-corrected chi connectivity index (χ2v) is 7.20. The van der Waals surface area contributed by atoms with Crippen molar-refractivity contribution in [2.45, 2.75) is 25.9 Å². The number of carbonyl (C=O) groups is 1. The molecule has 0 saturated heterocycles. The van der Waals surface area contributed by atoms with E-state index in [9.17, 15) is 4.79 Å². The Labute approximate surface area is 148 Å². The minimum Gasteiger partial charge on any atom is -0.462 e. The molecule has 9 heteroatoms. The summed E-state index contributed by atoms with van der Waals surface area (Å²) in [4.78, 5) is 23.1. The standard InChI is InChI=1S/C16H19N5O3S/c1-16(2,15-18-12(24-20-15)8-21(3)4)19-13(22)10-9-25-14(17-10)11-6-5-7-23-11/h5-7,9H,8H2,1-4H3,(H,19,22). The van der Waals surface area contributed by atoms with Gasteiger partial charge in [-0.05, 0) is 40.1 Å². The van der Waals surface area contributed by atoms with Crippen LogP contribution in [0.3, 0.4) is 0 Å². The maximum Gasteiger partial charge on any atom is 0.271 e. The van der Waals surface area contributed by atoms with Gasteiger partial charge in [-0.1, -0.05) is 5.16 Å². The lowest BCUT2D eigenvalue weighted by Crippen LogP contribution is -2.42. The zero-order chi connectivity index (χ0) is 18.0. The third kappa shape index (κ3) is 3.94. The minimum absolute atomic E-state index is 0.307. The lowest BCUT2D eigenvalue weighted by molar-refractivity contribution is 0.0903. The molecule has 0 aliphatic heterocycles. The van der Waals surface area contributed by atoms with Crippen molar-refractivity contribution in [3.8, 4) is 10.8 Å².